The molecule has 2 atom stereocenters. The third kappa shape index (κ3) is 1.72. The normalized spacial score (nSPS) is 33.7. The molecule has 0 aromatic heterocycles. The zero-order valence-electron chi connectivity index (χ0n) is 6.34. The highest BCUT2D eigenvalue weighted by molar-refractivity contribution is 5.70. The van der Waals surface area contributed by atoms with Crippen LogP contribution in [0.1, 0.15) is 32.6 Å². The highest BCUT2D eigenvalue weighted by atomic mass is 16.4. The number of hydrogen-bond acceptors (Lipinski definition) is 1. The number of aliphatic carboxylic acids is 1. The predicted molar refractivity (Wildman–Crippen MR) is 38.8 cm³/mol. The molecule has 10 heavy (non-hydrogen) atoms. The molecule has 0 aliphatic heterocycles. The van der Waals surface area contributed by atoms with E-state index in [2.05, 4.69) is 6.92 Å². The number of rotatable bonds is 1. The minimum absolute atomic E-state index is 0.0521. The number of hydrogen-bond donors (Lipinski definition) is 1. The Morgan fingerprint density at radius 1 is 1.50 bits per heavy atom. The van der Waals surface area contributed by atoms with Crippen molar-refractivity contribution in [1.29, 1.82) is 0 Å². The maximum atomic E-state index is 10.5. The van der Waals surface area contributed by atoms with Crippen LogP contribution < -0.4 is 0 Å². The Bertz CT molecular complexity index is 131. The van der Waals surface area contributed by atoms with Gasteiger partial charge < -0.3 is 5.11 Å². The Labute approximate surface area is 61.2 Å². The number of carboxylic acids is 1. The van der Waals surface area contributed by atoms with Crippen LogP contribution in [0.2, 0.25) is 0 Å². The molecule has 1 rings (SSSR count). The lowest BCUT2D eigenvalue weighted by Crippen LogP contribution is -2.20. The topological polar surface area (TPSA) is 37.3 Å². The van der Waals surface area contributed by atoms with Gasteiger partial charge >= 0.3 is 5.97 Å². The van der Waals surface area contributed by atoms with Crippen LogP contribution in [0.5, 0.6) is 0 Å². The second-order valence-electron chi connectivity index (χ2n) is 3.31. The fourth-order valence-electron chi connectivity index (χ4n) is 1.66. The van der Waals surface area contributed by atoms with E-state index < -0.39 is 5.97 Å². The van der Waals surface area contributed by atoms with E-state index in [-0.39, 0.29) is 5.92 Å². The van der Waals surface area contributed by atoms with Gasteiger partial charge in [-0.25, -0.2) is 0 Å². The van der Waals surface area contributed by atoms with Crippen molar-refractivity contribution in [2.45, 2.75) is 32.6 Å². The molecule has 0 amide bonds. The van der Waals surface area contributed by atoms with Crippen molar-refractivity contribution >= 4 is 5.97 Å². The van der Waals surface area contributed by atoms with Gasteiger partial charge in [0.1, 0.15) is 0 Å². The molecule has 1 aliphatic rings. The quantitative estimate of drug-likeness (QED) is 0.607. The van der Waals surface area contributed by atoms with Gasteiger partial charge in [-0.2, -0.15) is 0 Å². The average Bonchev–Trinajstić information content (AvgIpc) is 1.88. The molecule has 2 heteroatoms. The molecule has 1 aliphatic carbocycles. The second kappa shape index (κ2) is 3.04. The summed E-state index contributed by atoms with van der Waals surface area (Å²) in [6.07, 6.45) is 4.08. The van der Waals surface area contributed by atoms with E-state index in [4.69, 9.17) is 5.11 Å². The summed E-state index contributed by atoms with van der Waals surface area (Å²) < 4.78 is 0. The fraction of sp³-hybridized carbons (Fsp3) is 0.875. The number of carbonyl (C=O) groups is 1. The van der Waals surface area contributed by atoms with Crippen LogP contribution in [-0.4, -0.2) is 11.1 Å². The smallest absolute Gasteiger partial charge is 0.306 e. The summed E-state index contributed by atoms with van der Waals surface area (Å²) in [5.41, 5.74) is 0. The Hall–Kier alpha value is -0.530. The standard InChI is InChI=1S/C8H14O2/c1-6-3-2-4-7(5-6)8(9)10/h6-7H,2-5H2,1H3,(H,9,10)/t6-,7?/m1/s1. The Morgan fingerprint density at radius 2 is 2.20 bits per heavy atom. The van der Waals surface area contributed by atoms with Gasteiger partial charge in [0.25, 0.3) is 0 Å². The summed E-state index contributed by atoms with van der Waals surface area (Å²) in [6.45, 7) is 2.13. The van der Waals surface area contributed by atoms with Gasteiger partial charge in [0.15, 0.2) is 0 Å². The first-order valence-corrected chi connectivity index (χ1v) is 3.93. The zero-order chi connectivity index (χ0) is 7.56. The molecule has 0 spiro atoms. The minimum Gasteiger partial charge on any atom is -0.481 e. The lowest BCUT2D eigenvalue weighted by atomic mass is 9.83. The van der Waals surface area contributed by atoms with Crippen molar-refractivity contribution < 1.29 is 9.90 Å². The van der Waals surface area contributed by atoms with Crippen molar-refractivity contribution in [3.63, 3.8) is 0 Å². The molecule has 1 fully saturated rings. The molecule has 1 unspecified atom stereocenters. The first kappa shape index (κ1) is 7.58. The van der Waals surface area contributed by atoms with Crippen LogP contribution in [-0.2, 0) is 4.79 Å². The summed E-state index contributed by atoms with van der Waals surface area (Å²) in [5.74, 6) is -0.0369. The van der Waals surface area contributed by atoms with Crippen LogP contribution in [0.15, 0.2) is 0 Å². The van der Waals surface area contributed by atoms with Crippen LogP contribution in [0.25, 0.3) is 0 Å². The molecule has 0 heterocycles. The monoisotopic (exact) mass is 142 g/mol. The maximum absolute atomic E-state index is 10.5. The molecular weight excluding hydrogens is 128 g/mol. The van der Waals surface area contributed by atoms with Gasteiger partial charge in [0, 0.05) is 0 Å². The van der Waals surface area contributed by atoms with Gasteiger partial charge in [-0.05, 0) is 18.8 Å². The lowest BCUT2D eigenvalue weighted by Gasteiger charge is -2.22. The van der Waals surface area contributed by atoms with Crippen molar-refractivity contribution in [2.24, 2.45) is 11.8 Å². The summed E-state index contributed by atoms with van der Waals surface area (Å²) in [4.78, 5) is 10.5. The molecule has 0 bridgehead atoms. The van der Waals surface area contributed by atoms with E-state index >= 15 is 0 Å². The van der Waals surface area contributed by atoms with Crippen LogP contribution >= 0.6 is 0 Å². The first-order valence-electron chi connectivity index (χ1n) is 3.93. The van der Waals surface area contributed by atoms with Gasteiger partial charge in [0.05, 0.1) is 5.92 Å². The fourth-order valence-corrected chi connectivity index (χ4v) is 1.66. The van der Waals surface area contributed by atoms with Crippen molar-refractivity contribution in [3.05, 3.63) is 0 Å². The molecule has 0 saturated heterocycles. The van der Waals surface area contributed by atoms with E-state index in [1.807, 2.05) is 0 Å². The molecule has 0 aromatic carbocycles. The lowest BCUT2D eigenvalue weighted by molar-refractivity contribution is -0.143. The van der Waals surface area contributed by atoms with Crippen LogP contribution in [0.4, 0.5) is 0 Å². The third-order valence-corrected chi connectivity index (χ3v) is 2.29. The molecular formula is C8H14O2. The molecule has 1 N–H and O–H groups in total. The van der Waals surface area contributed by atoms with Gasteiger partial charge in [0.2, 0.25) is 0 Å². The summed E-state index contributed by atoms with van der Waals surface area (Å²) >= 11 is 0. The highest BCUT2D eigenvalue weighted by Crippen LogP contribution is 2.28. The van der Waals surface area contributed by atoms with Gasteiger partial charge in [-0.15, -0.1) is 0 Å². The highest BCUT2D eigenvalue weighted by Gasteiger charge is 2.23. The molecule has 2 nitrogen and oxygen atoms in total. The van der Waals surface area contributed by atoms with Gasteiger partial charge in [-0.3, -0.25) is 4.79 Å². The summed E-state index contributed by atoms with van der Waals surface area (Å²) in [7, 11) is 0. The SMILES string of the molecule is C[C@@H]1CCCC(C(=O)O)C1. The van der Waals surface area contributed by atoms with Crippen molar-refractivity contribution in [2.75, 3.05) is 0 Å². The second-order valence-corrected chi connectivity index (χ2v) is 3.31. The largest absolute Gasteiger partial charge is 0.481 e. The Kier molecular flexibility index (Phi) is 2.30. The Morgan fingerprint density at radius 3 is 2.60 bits per heavy atom. The molecule has 0 radical (unpaired) electrons. The number of carboxylic acid groups (broad SMARTS) is 1. The van der Waals surface area contributed by atoms with E-state index in [1.54, 1.807) is 0 Å². The van der Waals surface area contributed by atoms with E-state index in [0.29, 0.717) is 5.92 Å². The summed E-state index contributed by atoms with van der Waals surface area (Å²) in [5, 5.41) is 8.66. The van der Waals surface area contributed by atoms with Gasteiger partial charge in [-0.1, -0.05) is 19.8 Å². The maximum Gasteiger partial charge on any atom is 0.306 e. The van der Waals surface area contributed by atoms with E-state index in [1.165, 1.54) is 6.42 Å². The summed E-state index contributed by atoms with van der Waals surface area (Å²) in [6, 6.07) is 0. The Balaban J connectivity index is 2.39. The molecule has 0 aromatic rings. The first-order chi connectivity index (χ1) is 4.70. The van der Waals surface area contributed by atoms with Crippen molar-refractivity contribution in [3.8, 4) is 0 Å². The van der Waals surface area contributed by atoms with E-state index in [0.717, 1.165) is 19.3 Å². The minimum atomic E-state index is -0.605. The van der Waals surface area contributed by atoms with Crippen LogP contribution in [0.3, 0.4) is 0 Å². The van der Waals surface area contributed by atoms with E-state index in [9.17, 15) is 4.79 Å². The predicted octanol–water partition coefficient (Wildman–Crippen LogP) is 1.90. The molecule has 1 saturated carbocycles. The zero-order valence-corrected chi connectivity index (χ0v) is 6.34. The average molecular weight is 142 g/mol. The van der Waals surface area contributed by atoms with Crippen LogP contribution in [0, 0.1) is 11.8 Å². The third-order valence-electron chi connectivity index (χ3n) is 2.29. The molecule has 58 valence electrons. The van der Waals surface area contributed by atoms with Crippen molar-refractivity contribution in [1.82, 2.24) is 0 Å².